The standard InChI is InChI=1S/C16H20BrNO6/c1-21-13-7-11(12(17)9-14(13)22-2)8-16(20)24-10-15(19)18-3-5-23-6-4-18/h7,9H,3-6,8,10H2,1-2H3. The van der Waals surface area contributed by atoms with Crippen LogP contribution in [0.5, 0.6) is 11.5 Å². The van der Waals surface area contributed by atoms with Gasteiger partial charge >= 0.3 is 5.97 Å². The zero-order chi connectivity index (χ0) is 17.5. The van der Waals surface area contributed by atoms with Crippen molar-refractivity contribution in [3.05, 3.63) is 22.2 Å². The molecule has 1 aromatic rings. The minimum absolute atomic E-state index is 0.0251. The Morgan fingerprint density at radius 1 is 1.17 bits per heavy atom. The van der Waals surface area contributed by atoms with Gasteiger partial charge in [0.25, 0.3) is 5.91 Å². The van der Waals surface area contributed by atoms with Crippen LogP contribution in [0.15, 0.2) is 16.6 Å². The van der Waals surface area contributed by atoms with Gasteiger partial charge in [-0.1, -0.05) is 15.9 Å². The summed E-state index contributed by atoms with van der Waals surface area (Å²) in [6.45, 7) is 1.81. The summed E-state index contributed by atoms with van der Waals surface area (Å²) >= 11 is 3.39. The Hall–Kier alpha value is -1.80. The Kier molecular flexibility index (Phi) is 6.86. The predicted octanol–water partition coefficient (Wildman–Crippen LogP) is 1.41. The highest BCUT2D eigenvalue weighted by molar-refractivity contribution is 9.10. The number of carbonyl (C=O) groups is 2. The number of rotatable bonds is 6. The molecule has 1 aliphatic heterocycles. The van der Waals surface area contributed by atoms with Gasteiger partial charge in [0, 0.05) is 17.6 Å². The van der Waals surface area contributed by atoms with Crippen molar-refractivity contribution in [2.45, 2.75) is 6.42 Å². The first kappa shape index (κ1) is 18.5. The molecule has 1 fully saturated rings. The third-order valence-corrected chi connectivity index (χ3v) is 4.35. The van der Waals surface area contributed by atoms with Crippen molar-refractivity contribution in [2.75, 3.05) is 47.1 Å². The fraction of sp³-hybridized carbons (Fsp3) is 0.500. The van der Waals surface area contributed by atoms with Crippen LogP contribution < -0.4 is 9.47 Å². The largest absolute Gasteiger partial charge is 0.493 e. The van der Waals surface area contributed by atoms with Crippen molar-refractivity contribution in [2.24, 2.45) is 0 Å². The van der Waals surface area contributed by atoms with Crippen molar-refractivity contribution in [3.8, 4) is 11.5 Å². The van der Waals surface area contributed by atoms with Crippen LogP contribution in [0.1, 0.15) is 5.56 Å². The molecule has 0 unspecified atom stereocenters. The molecule has 0 saturated carbocycles. The SMILES string of the molecule is COc1cc(Br)c(CC(=O)OCC(=O)N2CCOCC2)cc1OC. The second kappa shape index (κ2) is 8.89. The van der Waals surface area contributed by atoms with E-state index in [0.717, 1.165) is 0 Å². The summed E-state index contributed by atoms with van der Waals surface area (Å²) in [5, 5.41) is 0. The number of nitrogens with zero attached hydrogens (tertiary/aromatic N) is 1. The number of hydrogen-bond acceptors (Lipinski definition) is 6. The van der Waals surface area contributed by atoms with Gasteiger partial charge in [0.1, 0.15) is 0 Å². The monoisotopic (exact) mass is 401 g/mol. The first-order valence-corrected chi connectivity index (χ1v) is 8.26. The van der Waals surface area contributed by atoms with E-state index < -0.39 is 5.97 Å². The third kappa shape index (κ3) is 4.85. The zero-order valence-corrected chi connectivity index (χ0v) is 15.3. The fourth-order valence-electron chi connectivity index (χ4n) is 2.28. The molecule has 0 spiro atoms. The maximum Gasteiger partial charge on any atom is 0.310 e. The Balaban J connectivity index is 1.91. The number of esters is 1. The van der Waals surface area contributed by atoms with Crippen LogP contribution in [0.25, 0.3) is 0 Å². The molecule has 0 aromatic heterocycles. The molecule has 24 heavy (non-hydrogen) atoms. The fourth-order valence-corrected chi connectivity index (χ4v) is 2.75. The van der Waals surface area contributed by atoms with E-state index in [1.165, 1.54) is 14.2 Å². The second-order valence-electron chi connectivity index (χ2n) is 5.13. The van der Waals surface area contributed by atoms with Crippen LogP contribution in [0.3, 0.4) is 0 Å². The molecule has 7 nitrogen and oxygen atoms in total. The number of ether oxygens (including phenoxy) is 4. The van der Waals surface area contributed by atoms with E-state index in [-0.39, 0.29) is 18.9 Å². The highest BCUT2D eigenvalue weighted by Crippen LogP contribution is 2.33. The Morgan fingerprint density at radius 2 is 1.79 bits per heavy atom. The molecule has 2 rings (SSSR count). The Labute approximate surface area is 148 Å². The van der Waals surface area contributed by atoms with E-state index in [2.05, 4.69) is 15.9 Å². The Bertz CT molecular complexity index is 600. The van der Waals surface area contributed by atoms with Crippen LogP contribution in [0, 0.1) is 0 Å². The maximum absolute atomic E-state index is 12.0. The van der Waals surface area contributed by atoms with Gasteiger partial charge in [0.15, 0.2) is 18.1 Å². The average Bonchev–Trinajstić information content (AvgIpc) is 2.61. The molecule has 1 amide bonds. The van der Waals surface area contributed by atoms with E-state index in [9.17, 15) is 9.59 Å². The number of carbonyl (C=O) groups excluding carboxylic acids is 2. The van der Waals surface area contributed by atoms with E-state index in [4.69, 9.17) is 18.9 Å². The molecular weight excluding hydrogens is 382 g/mol. The highest BCUT2D eigenvalue weighted by Gasteiger charge is 2.19. The molecule has 1 aromatic carbocycles. The zero-order valence-electron chi connectivity index (χ0n) is 13.7. The van der Waals surface area contributed by atoms with Crippen molar-refractivity contribution >= 4 is 27.8 Å². The minimum atomic E-state index is -0.482. The molecule has 0 bridgehead atoms. The molecule has 0 N–H and O–H groups in total. The van der Waals surface area contributed by atoms with Gasteiger partial charge in [-0.3, -0.25) is 9.59 Å². The lowest BCUT2D eigenvalue weighted by Crippen LogP contribution is -2.42. The first-order valence-electron chi connectivity index (χ1n) is 7.46. The maximum atomic E-state index is 12.0. The summed E-state index contributed by atoms with van der Waals surface area (Å²) in [6.07, 6.45) is 0.0251. The number of amides is 1. The lowest BCUT2D eigenvalue weighted by atomic mass is 10.1. The number of morpholine rings is 1. The van der Waals surface area contributed by atoms with Crippen LogP contribution >= 0.6 is 15.9 Å². The van der Waals surface area contributed by atoms with Crippen LogP contribution in [-0.4, -0.2) is 63.9 Å². The van der Waals surface area contributed by atoms with Gasteiger partial charge in [0.05, 0.1) is 33.9 Å². The van der Waals surface area contributed by atoms with Gasteiger partial charge in [-0.15, -0.1) is 0 Å². The molecule has 1 aliphatic rings. The molecule has 0 radical (unpaired) electrons. The Morgan fingerprint density at radius 3 is 2.42 bits per heavy atom. The van der Waals surface area contributed by atoms with Crippen molar-refractivity contribution < 1.29 is 28.5 Å². The van der Waals surface area contributed by atoms with E-state index in [1.807, 2.05) is 0 Å². The van der Waals surface area contributed by atoms with Crippen LogP contribution in [0.4, 0.5) is 0 Å². The number of hydrogen-bond donors (Lipinski definition) is 0. The van der Waals surface area contributed by atoms with Crippen molar-refractivity contribution in [1.29, 1.82) is 0 Å². The molecule has 0 aliphatic carbocycles. The van der Waals surface area contributed by atoms with E-state index in [0.29, 0.717) is 47.8 Å². The summed E-state index contributed by atoms with van der Waals surface area (Å²) in [4.78, 5) is 25.6. The molecule has 1 heterocycles. The molecule has 132 valence electrons. The van der Waals surface area contributed by atoms with Gasteiger partial charge in [-0.2, -0.15) is 0 Å². The van der Waals surface area contributed by atoms with Gasteiger partial charge in [-0.25, -0.2) is 0 Å². The predicted molar refractivity (Wildman–Crippen MR) is 89.3 cm³/mol. The van der Waals surface area contributed by atoms with Gasteiger partial charge in [0.2, 0.25) is 0 Å². The molecule has 8 heteroatoms. The van der Waals surface area contributed by atoms with Crippen LogP contribution in [-0.2, 0) is 25.5 Å². The third-order valence-electron chi connectivity index (χ3n) is 3.61. The van der Waals surface area contributed by atoms with E-state index >= 15 is 0 Å². The number of benzene rings is 1. The first-order chi connectivity index (χ1) is 11.5. The van der Waals surface area contributed by atoms with Crippen molar-refractivity contribution in [3.63, 3.8) is 0 Å². The molecule has 0 atom stereocenters. The lowest BCUT2D eigenvalue weighted by molar-refractivity contribution is -0.153. The number of halogens is 1. The minimum Gasteiger partial charge on any atom is -0.493 e. The summed E-state index contributed by atoms with van der Waals surface area (Å²) in [5.74, 6) is 0.388. The summed E-state index contributed by atoms with van der Waals surface area (Å²) in [5.41, 5.74) is 0.691. The molecule has 1 saturated heterocycles. The summed E-state index contributed by atoms with van der Waals surface area (Å²) < 4.78 is 21.4. The topological polar surface area (TPSA) is 74.3 Å². The van der Waals surface area contributed by atoms with E-state index in [1.54, 1.807) is 17.0 Å². The normalized spacial score (nSPS) is 14.2. The number of methoxy groups -OCH3 is 2. The average molecular weight is 402 g/mol. The summed E-state index contributed by atoms with van der Waals surface area (Å²) in [6, 6.07) is 3.42. The van der Waals surface area contributed by atoms with Gasteiger partial charge in [-0.05, 0) is 17.7 Å². The van der Waals surface area contributed by atoms with Crippen molar-refractivity contribution in [1.82, 2.24) is 4.90 Å². The quantitative estimate of drug-likeness (QED) is 0.670. The highest BCUT2D eigenvalue weighted by atomic mass is 79.9. The van der Waals surface area contributed by atoms with Crippen LogP contribution in [0.2, 0.25) is 0 Å². The smallest absolute Gasteiger partial charge is 0.310 e. The summed E-state index contributed by atoms with van der Waals surface area (Å²) in [7, 11) is 3.06. The molecular formula is C16H20BrNO6. The van der Waals surface area contributed by atoms with Gasteiger partial charge < -0.3 is 23.8 Å². The lowest BCUT2D eigenvalue weighted by Gasteiger charge is -2.26. The second-order valence-corrected chi connectivity index (χ2v) is 5.98.